The van der Waals surface area contributed by atoms with Crippen molar-refractivity contribution >= 4 is 23.5 Å². The lowest BCUT2D eigenvalue weighted by atomic mass is 10.1. The van der Waals surface area contributed by atoms with Gasteiger partial charge in [0.1, 0.15) is 0 Å². The van der Waals surface area contributed by atoms with Crippen LogP contribution in [0.2, 0.25) is 0 Å². The van der Waals surface area contributed by atoms with Crippen LogP contribution in [0.25, 0.3) is 0 Å². The van der Waals surface area contributed by atoms with Crippen molar-refractivity contribution in [2.24, 2.45) is 0 Å². The maximum Gasteiger partial charge on any atom is 0.399 e. The molecule has 0 unspecified atom stereocenters. The second kappa shape index (κ2) is 4.29. The molecule has 3 nitrogen and oxygen atoms in total. The van der Waals surface area contributed by atoms with Gasteiger partial charge in [0.15, 0.2) is 0 Å². The summed E-state index contributed by atoms with van der Waals surface area (Å²) in [4.78, 5) is 17.1. The SMILES string of the molecule is O=P(O)(O)C(F)(F)c1ccccc1CBr. The molecule has 0 heterocycles. The molecule has 0 aromatic heterocycles. The van der Waals surface area contributed by atoms with Gasteiger partial charge >= 0.3 is 13.3 Å². The molecule has 0 bridgehead atoms. The number of hydrogen-bond donors (Lipinski definition) is 2. The smallest absolute Gasteiger partial charge is 0.320 e. The Morgan fingerprint density at radius 2 is 1.87 bits per heavy atom. The molecule has 0 aliphatic rings. The van der Waals surface area contributed by atoms with Crippen LogP contribution < -0.4 is 0 Å². The van der Waals surface area contributed by atoms with Gasteiger partial charge < -0.3 is 9.79 Å². The van der Waals surface area contributed by atoms with Crippen LogP contribution in [0.4, 0.5) is 8.78 Å². The predicted molar refractivity (Wildman–Crippen MR) is 55.0 cm³/mol. The van der Waals surface area contributed by atoms with Gasteiger partial charge in [0.05, 0.1) is 0 Å². The molecule has 1 aromatic carbocycles. The Balaban J connectivity index is 3.33. The number of benzene rings is 1. The van der Waals surface area contributed by atoms with Crippen LogP contribution in [0.3, 0.4) is 0 Å². The van der Waals surface area contributed by atoms with Crippen LogP contribution in [0.1, 0.15) is 11.1 Å². The van der Waals surface area contributed by atoms with Gasteiger partial charge in [0.2, 0.25) is 0 Å². The van der Waals surface area contributed by atoms with Crippen molar-refractivity contribution in [1.82, 2.24) is 0 Å². The van der Waals surface area contributed by atoms with Crippen molar-refractivity contribution in [3.63, 3.8) is 0 Å². The summed E-state index contributed by atoms with van der Waals surface area (Å²) >= 11 is 2.98. The average Bonchev–Trinajstić information content (AvgIpc) is 2.16. The molecule has 7 heteroatoms. The summed E-state index contributed by atoms with van der Waals surface area (Å²) in [6.07, 6.45) is 0. The molecule has 2 N–H and O–H groups in total. The van der Waals surface area contributed by atoms with Crippen LogP contribution in [0.15, 0.2) is 24.3 Å². The van der Waals surface area contributed by atoms with E-state index in [1.165, 1.54) is 18.2 Å². The van der Waals surface area contributed by atoms with Gasteiger partial charge in [-0.25, -0.2) is 0 Å². The summed E-state index contributed by atoms with van der Waals surface area (Å²) in [7, 11) is -5.48. The van der Waals surface area contributed by atoms with Gasteiger partial charge in [-0.1, -0.05) is 40.2 Å². The molecule has 0 spiro atoms. The Labute approximate surface area is 93.4 Å². The Kier molecular flexibility index (Phi) is 3.66. The zero-order valence-corrected chi connectivity index (χ0v) is 9.88. The van der Waals surface area contributed by atoms with E-state index >= 15 is 0 Å². The minimum atomic E-state index is -5.48. The topological polar surface area (TPSA) is 57.5 Å². The third kappa shape index (κ3) is 2.45. The first-order chi connectivity index (χ1) is 6.80. The summed E-state index contributed by atoms with van der Waals surface area (Å²) in [5.41, 5.74) is -4.63. The molecule has 0 atom stereocenters. The fraction of sp³-hybridized carbons (Fsp3) is 0.250. The van der Waals surface area contributed by atoms with Crippen molar-refractivity contribution in [3.8, 4) is 0 Å². The largest absolute Gasteiger partial charge is 0.399 e. The zero-order valence-electron chi connectivity index (χ0n) is 7.40. The van der Waals surface area contributed by atoms with Gasteiger partial charge in [0, 0.05) is 10.9 Å². The standard InChI is InChI=1S/C8H8BrF2O3P/c9-5-6-3-1-2-4-7(6)8(10,11)15(12,13)14/h1-4H,5H2,(H2,12,13,14). The molecule has 1 aromatic rings. The van der Waals surface area contributed by atoms with E-state index in [1.54, 1.807) is 0 Å². The molecule has 0 aliphatic carbocycles. The molecule has 15 heavy (non-hydrogen) atoms. The van der Waals surface area contributed by atoms with E-state index in [9.17, 15) is 13.3 Å². The highest BCUT2D eigenvalue weighted by molar-refractivity contribution is 9.08. The second-order valence-corrected chi connectivity index (χ2v) is 5.09. The highest BCUT2D eigenvalue weighted by Crippen LogP contribution is 2.59. The van der Waals surface area contributed by atoms with Crippen molar-refractivity contribution in [2.45, 2.75) is 11.0 Å². The van der Waals surface area contributed by atoms with Crippen LogP contribution >= 0.6 is 23.5 Å². The minimum Gasteiger partial charge on any atom is -0.320 e. The van der Waals surface area contributed by atoms with E-state index in [-0.39, 0.29) is 10.9 Å². The van der Waals surface area contributed by atoms with Gasteiger partial charge in [-0.2, -0.15) is 8.78 Å². The number of hydrogen-bond acceptors (Lipinski definition) is 1. The molecule has 0 saturated carbocycles. The first-order valence-corrected chi connectivity index (χ1v) is 6.62. The van der Waals surface area contributed by atoms with Crippen LogP contribution in [0, 0.1) is 0 Å². The first kappa shape index (κ1) is 12.8. The molecule has 1 rings (SSSR count). The molecular formula is C8H8BrF2O3P. The van der Waals surface area contributed by atoms with E-state index in [4.69, 9.17) is 9.79 Å². The van der Waals surface area contributed by atoms with E-state index in [0.29, 0.717) is 0 Å². The van der Waals surface area contributed by atoms with Crippen LogP contribution in [-0.4, -0.2) is 9.79 Å². The Morgan fingerprint density at radius 3 is 2.33 bits per heavy atom. The number of rotatable bonds is 3. The van der Waals surface area contributed by atoms with E-state index in [1.807, 2.05) is 0 Å². The molecule has 0 radical (unpaired) electrons. The second-order valence-electron chi connectivity index (χ2n) is 2.88. The summed E-state index contributed by atoms with van der Waals surface area (Å²) in [6, 6.07) is 5.23. The summed E-state index contributed by atoms with van der Waals surface area (Å²) < 4.78 is 37.3. The predicted octanol–water partition coefficient (Wildman–Crippen LogP) is 2.81. The van der Waals surface area contributed by atoms with Gasteiger partial charge in [-0.3, -0.25) is 4.57 Å². The number of alkyl halides is 3. The fourth-order valence-corrected chi connectivity index (χ4v) is 2.11. The maximum absolute atomic E-state index is 13.3. The normalized spacial score (nSPS) is 12.9. The highest BCUT2D eigenvalue weighted by atomic mass is 79.9. The third-order valence-electron chi connectivity index (χ3n) is 1.85. The Bertz CT molecular complexity index is 405. The van der Waals surface area contributed by atoms with Crippen LogP contribution in [-0.2, 0) is 15.6 Å². The molecule has 0 amide bonds. The van der Waals surface area contributed by atoms with Crippen molar-refractivity contribution in [1.29, 1.82) is 0 Å². The minimum absolute atomic E-state index is 0.110. The summed E-state index contributed by atoms with van der Waals surface area (Å²) in [6.45, 7) is 0. The zero-order chi connectivity index (χ0) is 11.7. The monoisotopic (exact) mass is 300 g/mol. The lowest BCUT2D eigenvalue weighted by molar-refractivity contribution is 0.0557. The fourth-order valence-electron chi connectivity index (χ4n) is 1.09. The Hall–Kier alpha value is -0.290. The number of halogens is 3. The average molecular weight is 301 g/mol. The highest BCUT2D eigenvalue weighted by Gasteiger charge is 2.51. The van der Waals surface area contributed by atoms with Crippen molar-refractivity contribution < 1.29 is 23.1 Å². The molecule has 0 fully saturated rings. The first-order valence-electron chi connectivity index (χ1n) is 3.88. The molecule has 0 aliphatic heterocycles. The van der Waals surface area contributed by atoms with Gasteiger partial charge in [-0.05, 0) is 5.56 Å². The lowest BCUT2D eigenvalue weighted by Gasteiger charge is -2.20. The van der Waals surface area contributed by atoms with Gasteiger partial charge in [-0.15, -0.1) is 0 Å². The lowest BCUT2D eigenvalue weighted by Crippen LogP contribution is -2.15. The van der Waals surface area contributed by atoms with Crippen molar-refractivity contribution in [2.75, 3.05) is 0 Å². The quantitative estimate of drug-likeness (QED) is 0.666. The maximum atomic E-state index is 13.3. The third-order valence-corrected chi connectivity index (χ3v) is 3.43. The summed E-state index contributed by atoms with van der Waals surface area (Å²) in [5.74, 6) is 0. The van der Waals surface area contributed by atoms with Gasteiger partial charge in [0.25, 0.3) is 0 Å². The van der Waals surface area contributed by atoms with E-state index in [2.05, 4.69) is 15.9 Å². The molecule has 0 saturated heterocycles. The molecule has 84 valence electrons. The van der Waals surface area contributed by atoms with E-state index in [0.717, 1.165) is 6.07 Å². The molecular weight excluding hydrogens is 293 g/mol. The summed E-state index contributed by atoms with van der Waals surface area (Å²) in [5, 5.41) is 0.110. The van der Waals surface area contributed by atoms with Crippen LogP contribution in [0.5, 0.6) is 0 Å². The van der Waals surface area contributed by atoms with Crippen molar-refractivity contribution in [3.05, 3.63) is 35.4 Å². The van der Waals surface area contributed by atoms with E-state index < -0.39 is 18.8 Å². The Morgan fingerprint density at radius 1 is 1.33 bits per heavy atom.